The molecule has 1 saturated heterocycles. The van der Waals surface area contributed by atoms with Crippen molar-refractivity contribution in [2.45, 2.75) is 12.8 Å². The van der Waals surface area contributed by atoms with Crippen LogP contribution in [0.4, 0.5) is 9.52 Å². The first kappa shape index (κ1) is 16.7. The van der Waals surface area contributed by atoms with E-state index in [1.165, 1.54) is 30.6 Å². The third kappa shape index (κ3) is 3.50. The molecule has 2 heterocycles. The Morgan fingerprint density at radius 2 is 2.29 bits per heavy atom. The molecule has 0 radical (unpaired) electrons. The molecule has 1 aromatic heterocycles. The van der Waals surface area contributed by atoms with E-state index >= 15 is 0 Å². The fraction of sp³-hybridized carbons (Fsp3) is 0.412. The van der Waals surface area contributed by atoms with Crippen molar-refractivity contribution in [1.82, 2.24) is 9.88 Å². The minimum Gasteiger partial charge on any atom is -0.494 e. The summed E-state index contributed by atoms with van der Waals surface area (Å²) in [7, 11) is 1.47. The third-order valence-electron chi connectivity index (χ3n) is 4.15. The Morgan fingerprint density at radius 1 is 1.54 bits per heavy atom. The van der Waals surface area contributed by atoms with Gasteiger partial charge in [-0.2, -0.15) is 0 Å². The van der Waals surface area contributed by atoms with Gasteiger partial charge in [0.1, 0.15) is 17.1 Å². The number of carbonyl (C=O) groups excluding carboxylic acids is 1. The van der Waals surface area contributed by atoms with Crippen LogP contribution in [-0.2, 0) is 4.79 Å². The predicted molar refractivity (Wildman–Crippen MR) is 92.8 cm³/mol. The quantitative estimate of drug-likeness (QED) is 0.864. The van der Waals surface area contributed by atoms with Gasteiger partial charge in [0.2, 0.25) is 5.91 Å². The monoisotopic (exact) mass is 347 g/mol. The number of halogens is 1. The Morgan fingerprint density at radius 3 is 2.96 bits per heavy atom. The highest BCUT2D eigenvalue weighted by molar-refractivity contribution is 7.22. The van der Waals surface area contributed by atoms with E-state index in [1.807, 2.05) is 0 Å². The molecule has 0 aliphatic carbocycles. The summed E-state index contributed by atoms with van der Waals surface area (Å²) < 4.78 is 19.3. The number of ether oxygens (including phenoxy) is 1. The zero-order valence-corrected chi connectivity index (χ0v) is 14.2. The van der Waals surface area contributed by atoms with Crippen LogP contribution < -0.4 is 10.1 Å². The fourth-order valence-electron chi connectivity index (χ4n) is 2.87. The van der Waals surface area contributed by atoms with Crippen molar-refractivity contribution in [3.05, 3.63) is 17.9 Å². The molecule has 3 rings (SSSR count). The van der Waals surface area contributed by atoms with Crippen molar-refractivity contribution < 1.29 is 13.9 Å². The lowest BCUT2D eigenvalue weighted by Gasteiger charge is -2.29. The Balaban J connectivity index is 1.69. The molecule has 0 bridgehead atoms. The van der Waals surface area contributed by atoms with Crippen molar-refractivity contribution in [1.29, 1.82) is 0 Å². The smallest absolute Gasteiger partial charge is 0.229 e. The first-order valence-electron chi connectivity index (χ1n) is 7.71. The highest BCUT2D eigenvalue weighted by atomic mass is 32.1. The van der Waals surface area contributed by atoms with Crippen molar-refractivity contribution >= 4 is 32.6 Å². The summed E-state index contributed by atoms with van der Waals surface area (Å²) in [5.41, 5.74) is 0.558. The van der Waals surface area contributed by atoms with Gasteiger partial charge in [0, 0.05) is 12.0 Å². The number of terminal acetylenes is 1. The van der Waals surface area contributed by atoms with Gasteiger partial charge in [0.15, 0.2) is 5.13 Å². The van der Waals surface area contributed by atoms with Crippen molar-refractivity contribution in [2.75, 3.05) is 32.1 Å². The Kier molecular flexibility index (Phi) is 4.97. The molecule has 5 nitrogen and oxygen atoms in total. The largest absolute Gasteiger partial charge is 0.494 e. The van der Waals surface area contributed by atoms with Gasteiger partial charge in [-0.15, -0.1) is 6.42 Å². The number of piperidine rings is 1. The molecule has 0 spiro atoms. The molecule has 1 aromatic carbocycles. The van der Waals surface area contributed by atoms with Gasteiger partial charge in [-0.05, 0) is 32.0 Å². The second-order valence-corrected chi connectivity index (χ2v) is 6.75. The lowest BCUT2D eigenvalue weighted by molar-refractivity contribution is -0.121. The van der Waals surface area contributed by atoms with Crippen LogP contribution in [0.3, 0.4) is 0 Å². The highest BCUT2D eigenvalue weighted by Crippen LogP contribution is 2.33. The molecule has 7 heteroatoms. The van der Waals surface area contributed by atoms with Gasteiger partial charge in [-0.3, -0.25) is 9.69 Å². The molecule has 0 saturated carbocycles. The van der Waals surface area contributed by atoms with Crippen LogP contribution >= 0.6 is 11.3 Å². The van der Waals surface area contributed by atoms with Gasteiger partial charge in [-0.25, -0.2) is 9.37 Å². The lowest BCUT2D eigenvalue weighted by atomic mass is 9.96. The Bertz CT molecular complexity index is 791. The minimum atomic E-state index is -0.387. The number of likely N-dealkylation sites (tertiary alicyclic amines) is 1. The molecule has 126 valence electrons. The molecule has 1 fully saturated rings. The number of thiazole rings is 1. The van der Waals surface area contributed by atoms with Crippen molar-refractivity contribution in [3.63, 3.8) is 0 Å². The van der Waals surface area contributed by atoms with Crippen LogP contribution in [0.5, 0.6) is 5.75 Å². The maximum Gasteiger partial charge on any atom is 0.229 e. The number of hydrogen-bond acceptors (Lipinski definition) is 5. The number of nitrogens with zero attached hydrogens (tertiary/aromatic N) is 2. The molecule has 24 heavy (non-hydrogen) atoms. The number of aromatic nitrogens is 1. The molecule has 1 aliphatic heterocycles. The molecule has 0 atom stereocenters. The number of anilines is 1. The maximum absolute atomic E-state index is 13.5. The molecular weight excluding hydrogens is 329 g/mol. The normalized spacial score (nSPS) is 16.0. The molecule has 2 aromatic rings. The summed E-state index contributed by atoms with van der Waals surface area (Å²) in [4.78, 5) is 18.9. The van der Waals surface area contributed by atoms with Gasteiger partial charge in [0.05, 0.1) is 18.4 Å². The van der Waals surface area contributed by atoms with E-state index in [2.05, 4.69) is 21.1 Å². The van der Waals surface area contributed by atoms with Crippen LogP contribution in [0.1, 0.15) is 12.8 Å². The number of nitrogens with one attached hydrogen (secondary N) is 1. The van der Waals surface area contributed by atoms with Gasteiger partial charge in [-0.1, -0.05) is 17.3 Å². The van der Waals surface area contributed by atoms with E-state index in [-0.39, 0.29) is 17.6 Å². The average Bonchev–Trinajstić information content (AvgIpc) is 2.97. The molecule has 1 amide bonds. The number of hydrogen-bond donors (Lipinski definition) is 1. The van der Waals surface area contributed by atoms with E-state index in [4.69, 9.17) is 11.2 Å². The summed E-state index contributed by atoms with van der Waals surface area (Å²) in [6.07, 6.45) is 6.86. The summed E-state index contributed by atoms with van der Waals surface area (Å²) in [5.74, 6) is 2.51. The summed E-state index contributed by atoms with van der Waals surface area (Å²) in [6.45, 7) is 2.26. The SMILES string of the molecule is C#CCN1CCC(C(=O)Nc2nc3c(OC)cc(F)cc3s2)CC1. The van der Waals surface area contributed by atoms with E-state index in [0.717, 1.165) is 25.9 Å². The molecule has 1 N–H and O–H groups in total. The number of rotatable bonds is 4. The standard InChI is InChI=1S/C17H18FN3O2S/c1-3-6-21-7-4-11(5-8-21)16(22)20-17-19-15-13(23-2)9-12(18)10-14(15)24-17/h1,9-11H,4-8H2,2H3,(H,19,20,22). The zero-order chi connectivity index (χ0) is 17.1. The average molecular weight is 347 g/mol. The van der Waals surface area contributed by atoms with E-state index < -0.39 is 0 Å². The summed E-state index contributed by atoms with van der Waals surface area (Å²) in [6, 6.07) is 2.68. The topological polar surface area (TPSA) is 54.5 Å². The van der Waals surface area contributed by atoms with Gasteiger partial charge < -0.3 is 10.1 Å². The van der Waals surface area contributed by atoms with Crippen LogP contribution in [0.2, 0.25) is 0 Å². The number of carbonyl (C=O) groups is 1. The maximum atomic E-state index is 13.5. The lowest BCUT2D eigenvalue weighted by Crippen LogP contribution is -2.38. The highest BCUT2D eigenvalue weighted by Gasteiger charge is 2.25. The third-order valence-corrected chi connectivity index (χ3v) is 5.07. The van der Waals surface area contributed by atoms with Crippen molar-refractivity contribution in [2.24, 2.45) is 5.92 Å². The van der Waals surface area contributed by atoms with Gasteiger partial charge in [0.25, 0.3) is 0 Å². The fourth-order valence-corrected chi connectivity index (χ4v) is 3.78. The number of benzene rings is 1. The number of methoxy groups -OCH3 is 1. The minimum absolute atomic E-state index is 0.0474. The Hall–Kier alpha value is -2.17. The number of fused-ring (bicyclic) bond motifs is 1. The van der Waals surface area contributed by atoms with Crippen LogP contribution in [0, 0.1) is 24.1 Å². The van der Waals surface area contributed by atoms with Crippen LogP contribution in [0.25, 0.3) is 10.2 Å². The predicted octanol–water partition coefficient (Wildman–Crippen LogP) is 2.73. The zero-order valence-electron chi connectivity index (χ0n) is 13.3. The van der Waals surface area contributed by atoms with Crippen molar-refractivity contribution in [3.8, 4) is 18.1 Å². The Labute approximate surface area is 143 Å². The second-order valence-electron chi connectivity index (χ2n) is 5.72. The summed E-state index contributed by atoms with van der Waals surface area (Å²) in [5, 5.41) is 3.31. The number of amides is 1. The van der Waals surface area contributed by atoms with Gasteiger partial charge >= 0.3 is 0 Å². The first-order chi connectivity index (χ1) is 11.6. The molecular formula is C17H18FN3O2S. The van der Waals surface area contributed by atoms with E-state index in [1.54, 1.807) is 0 Å². The second kappa shape index (κ2) is 7.16. The van der Waals surface area contributed by atoms with E-state index in [9.17, 15) is 9.18 Å². The first-order valence-corrected chi connectivity index (χ1v) is 8.53. The van der Waals surface area contributed by atoms with Crippen LogP contribution in [-0.4, -0.2) is 42.5 Å². The summed E-state index contributed by atoms with van der Waals surface area (Å²) >= 11 is 1.24. The van der Waals surface area contributed by atoms with E-state index in [0.29, 0.717) is 27.6 Å². The molecule has 1 aliphatic rings. The van der Waals surface area contributed by atoms with Crippen LogP contribution in [0.15, 0.2) is 12.1 Å². The molecule has 0 unspecified atom stereocenters.